The van der Waals surface area contributed by atoms with E-state index >= 15 is 0 Å². The molecule has 5 rings (SSSR count). The highest BCUT2D eigenvalue weighted by Crippen LogP contribution is 2.41. The van der Waals surface area contributed by atoms with Crippen LogP contribution < -0.4 is 9.04 Å². The maximum Gasteiger partial charge on any atom is 0.270 e. The average molecular weight is 520 g/mol. The number of halogens is 1. The van der Waals surface area contributed by atoms with Crippen LogP contribution in [-0.2, 0) is 10.0 Å². The SMILES string of the molecule is COc1cc(N(c2ccon2)S(=O)(=O)c2ccc3cnccc3c2)c(C)cc1-c1ccc(Cl)c(C)c1. The number of rotatable bonds is 6. The number of anilines is 2. The number of fused-ring (bicyclic) bond motifs is 1. The molecular formula is C27H22ClN3O4S. The van der Waals surface area contributed by atoms with Crippen molar-refractivity contribution in [2.24, 2.45) is 0 Å². The van der Waals surface area contributed by atoms with Crippen LogP contribution in [0.5, 0.6) is 5.75 Å². The van der Waals surface area contributed by atoms with Crippen molar-refractivity contribution in [2.45, 2.75) is 18.7 Å². The number of pyridine rings is 1. The van der Waals surface area contributed by atoms with Gasteiger partial charge in [-0.15, -0.1) is 0 Å². The smallest absolute Gasteiger partial charge is 0.270 e. The molecule has 0 spiro atoms. The number of nitrogens with zero attached hydrogens (tertiary/aromatic N) is 3. The van der Waals surface area contributed by atoms with Gasteiger partial charge in [-0.25, -0.2) is 12.7 Å². The predicted octanol–water partition coefficient (Wildman–Crippen LogP) is 6.70. The van der Waals surface area contributed by atoms with Crippen LogP contribution in [0.15, 0.2) is 88.7 Å². The van der Waals surface area contributed by atoms with Crippen LogP contribution >= 0.6 is 11.6 Å². The van der Waals surface area contributed by atoms with Crippen LogP contribution in [0, 0.1) is 13.8 Å². The third-order valence-corrected chi connectivity index (χ3v) is 8.13. The highest BCUT2D eigenvalue weighted by Gasteiger charge is 2.31. The van der Waals surface area contributed by atoms with Crippen molar-refractivity contribution in [3.8, 4) is 16.9 Å². The number of hydrogen-bond acceptors (Lipinski definition) is 6. The minimum atomic E-state index is -4.09. The Kier molecular flexibility index (Phi) is 6.15. The Morgan fingerprint density at radius 1 is 0.944 bits per heavy atom. The highest BCUT2D eigenvalue weighted by atomic mass is 35.5. The molecule has 9 heteroatoms. The first-order valence-corrected chi connectivity index (χ1v) is 12.9. The van der Waals surface area contributed by atoms with Gasteiger partial charge in [-0.3, -0.25) is 4.98 Å². The van der Waals surface area contributed by atoms with E-state index in [0.717, 1.165) is 27.5 Å². The second-order valence-electron chi connectivity index (χ2n) is 8.31. The van der Waals surface area contributed by atoms with Crippen molar-refractivity contribution < 1.29 is 17.7 Å². The molecule has 0 saturated heterocycles. The van der Waals surface area contributed by atoms with Gasteiger partial charge in [0.25, 0.3) is 10.0 Å². The van der Waals surface area contributed by atoms with Crippen molar-refractivity contribution in [1.82, 2.24) is 10.1 Å². The van der Waals surface area contributed by atoms with E-state index in [0.29, 0.717) is 22.0 Å². The lowest BCUT2D eigenvalue weighted by Crippen LogP contribution is -2.27. The molecule has 0 bridgehead atoms. The van der Waals surface area contributed by atoms with E-state index in [4.69, 9.17) is 20.9 Å². The summed E-state index contributed by atoms with van der Waals surface area (Å²) in [6.45, 7) is 3.77. The molecule has 36 heavy (non-hydrogen) atoms. The molecule has 0 unspecified atom stereocenters. The fraction of sp³-hybridized carbons (Fsp3) is 0.111. The van der Waals surface area contributed by atoms with Gasteiger partial charge in [-0.1, -0.05) is 28.9 Å². The van der Waals surface area contributed by atoms with Crippen LogP contribution in [-0.4, -0.2) is 25.7 Å². The van der Waals surface area contributed by atoms with E-state index in [1.165, 1.54) is 16.6 Å². The first kappa shape index (κ1) is 23.8. The topological polar surface area (TPSA) is 85.5 Å². The van der Waals surface area contributed by atoms with Crippen LogP contribution in [0.4, 0.5) is 11.5 Å². The average Bonchev–Trinajstić information content (AvgIpc) is 3.40. The lowest BCUT2D eigenvalue weighted by molar-refractivity contribution is 0.416. The third kappa shape index (κ3) is 4.19. The van der Waals surface area contributed by atoms with Crippen molar-refractivity contribution >= 4 is 43.9 Å². The molecule has 0 atom stereocenters. The van der Waals surface area contributed by atoms with Gasteiger partial charge in [-0.2, -0.15) is 0 Å². The normalized spacial score (nSPS) is 11.6. The Labute approximate surface area is 214 Å². The van der Waals surface area contributed by atoms with Gasteiger partial charge in [-0.05, 0) is 72.3 Å². The van der Waals surface area contributed by atoms with Crippen molar-refractivity contribution in [3.05, 3.63) is 95.5 Å². The zero-order valence-corrected chi connectivity index (χ0v) is 21.3. The number of ether oxygens (including phenoxy) is 1. The monoisotopic (exact) mass is 519 g/mol. The van der Waals surface area contributed by atoms with Crippen molar-refractivity contribution in [2.75, 3.05) is 11.4 Å². The first-order valence-electron chi connectivity index (χ1n) is 11.0. The quantitative estimate of drug-likeness (QED) is 0.248. The fourth-order valence-corrected chi connectivity index (χ4v) is 5.76. The van der Waals surface area contributed by atoms with E-state index in [2.05, 4.69) is 10.1 Å². The largest absolute Gasteiger partial charge is 0.496 e. The number of aromatic nitrogens is 2. The predicted molar refractivity (Wildman–Crippen MR) is 140 cm³/mol. The molecule has 2 heterocycles. The maximum atomic E-state index is 14.0. The van der Waals surface area contributed by atoms with E-state index < -0.39 is 10.0 Å². The molecule has 5 aromatic rings. The maximum absolute atomic E-state index is 14.0. The van der Waals surface area contributed by atoms with Crippen LogP contribution in [0.3, 0.4) is 0 Å². The molecular weight excluding hydrogens is 498 g/mol. The number of aryl methyl sites for hydroxylation is 2. The van der Waals surface area contributed by atoms with Crippen molar-refractivity contribution in [1.29, 1.82) is 0 Å². The molecule has 0 aliphatic rings. The van der Waals surface area contributed by atoms with Crippen LogP contribution in [0.1, 0.15) is 11.1 Å². The lowest BCUT2D eigenvalue weighted by atomic mass is 9.99. The molecule has 0 aliphatic carbocycles. The van der Waals surface area contributed by atoms with Crippen LogP contribution in [0.25, 0.3) is 21.9 Å². The summed E-state index contributed by atoms with van der Waals surface area (Å²) < 4.78 is 40.0. The van der Waals surface area contributed by atoms with Gasteiger partial charge in [0.2, 0.25) is 0 Å². The van der Waals surface area contributed by atoms with Gasteiger partial charge in [0, 0.05) is 40.5 Å². The second-order valence-corrected chi connectivity index (χ2v) is 10.5. The van der Waals surface area contributed by atoms with E-state index in [1.54, 1.807) is 49.8 Å². The molecule has 182 valence electrons. The molecule has 3 aromatic carbocycles. The van der Waals surface area contributed by atoms with E-state index in [1.807, 2.05) is 38.1 Å². The number of benzene rings is 3. The minimum Gasteiger partial charge on any atom is -0.496 e. The fourth-order valence-electron chi connectivity index (χ4n) is 4.12. The Morgan fingerprint density at radius 3 is 2.50 bits per heavy atom. The Morgan fingerprint density at radius 2 is 1.78 bits per heavy atom. The molecule has 0 N–H and O–H groups in total. The molecule has 7 nitrogen and oxygen atoms in total. The lowest BCUT2D eigenvalue weighted by Gasteiger charge is -2.25. The molecule has 0 aliphatic heterocycles. The minimum absolute atomic E-state index is 0.111. The summed E-state index contributed by atoms with van der Waals surface area (Å²) in [4.78, 5) is 4.21. The van der Waals surface area contributed by atoms with E-state index in [-0.39, 0.29) is 10.7 Å². The summed E-state index contributed by atoms with van der Waals surface area (Å²) >= 11 is 6.22. The zero-order valence-electron chi connectivity index (χ0n) is 19.8. The summed E-state index contributed by atoms with van der Waals surface area (Å²) in [5.41, 5.74) is 3.74. The van der Waals surface area contributed by atoms with Gasteiger partial charge in [0.15, 0.2) is 5.82 Å². The van der Waals surface area contributed by atoms with Gasteiger partial charge < -0.3 is 9.26 Å². The van der Waals surface area contributed by atoms with Gasteiger partial charge >= 0.3 is 0 Å². The third-order valence-electron chi connectivity index (χ3n) is 5.99. The van der Waals surface area contributed by atoms with E-state index in [9.17, 15) is 8.42 Å². The Bertz CT molecular complexity index is 1690. The number of hydrogen-bond donors (Lipinski definition) is 0. The first-order chi connectivity index (χ1) is 17.3. The standard InChI is InChI=1S/C27H22ClN3O4S/c1-17-12-20(5-7-24(17)28)23-13-18(2)25(15-26(23)34-3)31(27-9-11-35-30-27)36(32,33)22-6-4-21-16-29-10-8-19(21)14-22/h4-16H,1-3H3. The van der Waals surface area contributed by atoms with Crippen molar-refractivity contribution in [3.63, 3.8) is 0 Å². The number of sulfonamides is 1. The molecule has 0 fully saturated rings. The van der Waals surface area contributed by atoms with Crippen LogP contribution in [0.2, 0.25) is 5.02 Å². The summed E-state index contributed by atoms with van der Waals surface area (Å²) in [5.74, 6) is 0.635. The number of methoxy groups -OCH3 is 1. The summed E-state index contributed by atoms with van der Waals surface area (Å²) in [5, 5.41) is 6.22. The highest BCUT2D eigenvalue weighted by molar-refractivity contribution is 7.93. The van der Waals surface area contributed by atoms with Gasteiger partial charge in [0.05, 0.1) is 17.7 Å². The summed E-state index contributed by atoms with van der Waals surface area (Å²) in [7, 11) is -2.54. The zero-order chi connectivity index (χ0) is 25.4. The Balaban J connectivity index is 1.69. The molecule has 2 aromatic heterocycles. The van der Waals surface area contributed by atoms with Gasteiger partial charge in [0.1, 0.15) is 12.0 Å². The summed E-state index contributed by atoms with van der Waals surface area (Å²) in [6, 6.07) is 17.5. The summed E-state index contributed by atoms with van der Waals surface area (Å²) in [6.07, 6.45) is 4.65. The molecule has 0 saturated carbocycles. The molecule has 0 radical (unpaired) electrons. The molecule has 0 amide bonds. The second kappa shape index (κ2) is 9.29. The Hall–Kier alpha value is -3.88.